The number of nitrogens with one attached hydrogen (secondary N) is 2. The maximum Gasteiger partial charge on any atom is 0.285 e. The normalized spacial score (nSPS) is 17.8. The van der Waals surface area contributed by atoms with E-state index in [1.807, 2.05) is 18.9 Å². The molecule has 11 heteroatoms. The molecule has 2 aromatic carbocycles. The highest BCUT2D eigenvalue weighted by Gasteiger charge is 2.36. The average molecular weight is 571 g/mol. The lowest BCUT2D eigenvalue weighted by molar-refractivity contribution is -0.0516. The Kier molecular flexibility index (Phi) is 7.96. The van der Waals surface area contributed by atoms with Gasteiger partial charge in [0.25, 0.3) is 5.92 Å². The van der Waals surface area contributed by atoms with Crippen LogP contribution in [0.15, 0.2) is 48.7 Å². The Balaban J connectivity index is 1.41. The third kappa shape index (κ3) is 5.90. The van der Waals surface area contributed by atoms with E-state index in [0.29, 0.717) is 46.0 Å². The molecule has 212 valence electrons. The lowest BCUT2D eigenvalue weighted by atomic mass is 10.0. The van der Waals surface area contributed by atoms with Crippen LogP contribution in [0.3, 0.4) is 0 Å². The topological polar surface area (TPSA) is 101 Å². The summed E-state index contributed by atoms with van der Waals surface area (Å²) in [7, 11) is 2.01. The molecule has 0 spiro atoms. The van der Waals surface area contributed by atoms with Crippen LogP contribution in [0.25, 0.3) is 22.4 Å². The number of aromatic nitrogens is 3. The Morgan fingerprint density at radius 3 is 2.77 bits per heavy atom. The van der Waals surface area contributed by atoms with Crippen LogP contribution in [-0.2, 0) is 5.92 Å². The number of hydrogen-bond donors (Lipinski definition) is 4. The number of alkyl halides is 2. The first kappa shape index (κ1) is 28.2. The van der Waals surface area contributed by atoms with Gasteiger partial charge in [-0.3, -0.25) is 4.90 Å². The zero-order valence-corrected chi connectivity index (χ0v) is 23.4. The Hall–Kier alpha value is -3.31. The monoisotopic (exact) mass is 570 g/mol. The van der Waals surface area contributed by atoms with Crippen molar-refractivity contribution < 1.29 is 19.0 Å². The molecule has 0 saturated carbocycles. The number of aromatic hydroxyl groups is 1. The van der Waals surface area contributed by atoms with Crippen molar-refractivity contribution in [3.63, 3.8) is 0 Å². The smallest absolute Gasteiger partial charge is 0.285 e. The molecule has 1 aliphatic rings. The van der Waals surface area contributed by atoms with Gasteiger partial charge < -0.3 is 25.4 Å². The Bertz CT molecular complexity index is 1510. The Morgan fingerprint density at radius 1 is 1.23 bits per heavy atom. The molecule has 8 nitrogen and oxygen atoms in total. The number of halogens is 3. The molecule has 4 N–H and O–H groups in total. The van der Waals surface area contributed by atoms with Gasteiger partial charge in [0.2, 0.25) is 5.88 Å². The molecule has 2 atom stereocenters. The van der Waals surface area contributed by atoms with E-state index in [0.717, 1.165) is 6.54 Å². The van der Waals surface area contributed by atoms with Crippen molar-refractivity contribution in [2.24, 2.45) is 0 Å². The number of nitrogens with zero attached hydrogens (tertiary/aromatic N) is 4. The molecule has 1 unspecified atom stereocenters. The van der Waals surface area contributed by atoms with Crippen molar-refractivity contribution in [1.29, 1.82) is 0 Å². The molecule has 1 saturated heterocycles. The zero-order valence-electron chi connectivity index (χ0n) is 22.6. The van der Waals surface area contributed by atoms with Crippen LogP contribution in [0, 0.1) is 6.92 Å². The second-order valence-corrected chi connectivity index (χ2v) is 11.0. The molecular weight excluding hydrogens is 538 g/mol. The van der Waals surface area contributed by atoms with Gasteiger partial charge in [-0.1, -0.05) is 23.7 Å². The van der Waals surface area contributed by atoms with Gasteiger partial charge in [-0.2, -0.15) is 8.78 Å². The highest BCUT2D eigenvalue weighted by Crippen LogP contribution is 2.37. The molecule has 1 fully saturated rings. The molecular formula is C29H33ClF2N6O2. The first-order valence-corrected chi connectivity index (χ1v) is 13.6. The lowest BCUT2D eigenvalue weighted by Gasteiger charge is -2.39. The number of benzene rings is 2. The summed E-state index contributed by atoms with van der Waals surface area (Å²) in [6.07, 6.45) is 0.562. The summed E-state index contributed by atoms with van der Waals surface area (Å²) >= 11 is 6.05. The van der Waals surface area contributed by atoms with E-state index in [-0.39, 0.29) is 42.0 Å². The molecule has 1 aliphatic heterocycles. The van der Waals surface area contributed by atoms with Gasteiger partial charge in [0.1, 0.15) is 11.4 Å². The number of aryl methyl sites for hydroxylation is 1. The van der Waals surface area contributed by atoms with E-state index in [1.165, 1.54) is 18.3 Å². The number of anilines is 1. The second-order valence-electron chi connectivity index (χ2n) is 10.6. The van der Waals surface area contributed by atoms with Gasteiger partial charge in [-0.25, -0.2) is 9.97 Å². The van der Waals surface area contributed by atoms with Crippen LogP contribution in [-0.4, -0.2) is 80.8 Å². The fourth-order valence-corrected chi connectivity index (χ4v) is 5.32. The number of pyridine rings is 1. The molecule has 3 heterocycles. The summed E-state index contributed by atoms with van der Waals surface area (Å²) < 4.78 is 31.0. The summed E-state index contributed by atoms with van der Waals surface area (Å²) in [5.74, 6) is -3.07. The van der Waals surface area contributed by atoms with Crippen LogP contribution in [0.5, 0.6) is 5.88 Å². The number of imidazole rings is 1. The quantitative estimate of drug-likeness (QED) is 0.232. The minimum atomic E-state index is -3.06. The van der Waals surface area contributed by atoms with E-state index >= 15 is 8.78 Å². The molecule has 0 amide bonds. The first-order valence-electron chi connectivity index (χ1n) is 13.2. The van der Waals surface area contributed by atoms with Gasteiger partial charge in [-0.05, 0) is 62.4 Å². The number of aliphatic hydroxyl groups excluding tert-OH is 1. The largest absolute Gasteiger partial charge is 0.493 e. The number of H-pyrrole nitrogens is 1. The van der Waals surface area contributed by atoms with Gasteiger partial charge in [0.05, 0.1) is 29.4 Å². The number of piperazine rings is 1. The zero-order chi connectivity index (χ0) is 28.6. The molecule has 0 aliphatic carbocycles. The maximum atomic E-state index is 15.5. The van der Waals surface area contributed by atoms with Crippen molar-refractivity contribution in [1.82, 2.24) is 24.8 Å². The number of hydrogen-bond acceptors (Lipinski definition) is 7. The summed E-state index contributed by atoms with van der Waals surface area (Å²) in [6.45, 7) is 5.48. The van der Waals surface area contributed by atoms with Gasteiger partial charge in [0, 0.05) is 49.0 Å². The summed E-state index contributed by atoms with van der Waals surface area (Å²) in [6, 6.07) is 11.7. The van der Waals surface area contributed by atoms with Crippen LogP contribution >= 0.6 is 11.6 Å². The summed E-state index contributed by atoms with van der Waals surface area (Å²) in [5.41, 5.74) is 2.86. The van der Waals surface area contributed by atoms with Crippen molar-refractivity contribution >= 4 is 28.3 Å². The summed E-state index contributed by atoms with van der Waals surface area (Å²) in [4.78, 5) is 15.7. The molecule has 0 bridgehead atoms. The molecule has 0 radical (unpaired) electrons. The molecule has 4 aromatic rings. The van der Waals surface area contributed by atoms with E-state index in [9.17, 15) is 10.2 Å². The SMILES string of the molecule is Cc1cc(C(F)(F)CN2CCN(C)C(C)C2)cc2nc(-c3c(NC[C@H](O)c4cccc(Cl)c4)ccnc3O)[nH]c12. The third-order valence-corrected chi connectivity index (χ3v) is 7.80. The van der Waals surface area contributed by atoms with Gasteiger partial charge in [0.15, 0.2) is 0 Å². The standard InChI is InChI=1S/C29H33ClF2N6O2/c1-17-11-20(29(31,32)16-38-10-9-37(3)18(2)15-38)13-23-26(17)36-27(35-23)25-22(7-8-33-28(25)40)34-14-24(39)19-5-4-6-21(30)12-19/h4-8,11-13,18,24,39H,9-10,14-16H2,1-3H3,(H,35,36)(H2,33,34,40)/t18?,24-/m0/s1. The number of aromatic amines is 1. The van der Waals surface area contributed by atoms with E-state index in [4.69, 9.17) is 11.6 Å². The second kappa shape index (κ2) is 11.3. The highest BCUT2D eigenvalue weighted by atomic mass is 35.5. The van der Waals surface area contributed by atoms with E-state index < -0.39 is 12.0 Å². The van der Waals surface area contributed by atoms with Crippen molar-refractivity contribution in [2.75, 3.05) is 45.1 Å². The highest BCUT2D eigenvalue weighted by molar-refractivity contribution is 6.30. The molecule has 5 rings (SSSR count). The fraction of sp³-hybridized carbons (Fsp3) is 0.379. The first-order chi connectivity index (χ1) is 19.0. The predicted molar refractivity (Wildman–Crippen MR) is 153 cm³/mol. The van der Waals surface area contributed by atoms with Crippen LogP contribution < -0.4 is 5.32 Å². The number of aliphatic hydroxyl groups is 1. The Morgan fingerprint density at radius 2 is 2.02 bits per heavy atom. The number of rotatable bonds is 8. The molecule has 2 aromatic heterocycles. The van der Waals surface area contributed by atoms with E-state index in [2.05, 4.69) is 25.2 Å². The number of likely N-dealkylation sites (N-methyl/N-ethyl adjacent to an activating group) is 1. The molecule has 40 heavy (non-hydrogen) atoms. The summed E-state index contributed by atoms with van der Waals surface area (Å²) in [5, 5.41) is 24.9. The minimum Gasteiger partial charge on any atom is -0.493 e. The van der Waals surface area contributed by atoms with Gasteiger partial charge >= 0.3 is 0 Å². The van der Waals surface area contributed by atoms with Gasteiger partial charge in [-0.15, -0.1) is 0 Å². The van der Waals surface area contributed by atoms with Crippen molar-refractivity contribution in [2.45, 2.75) is 31.9 Å². The fourth-order valence-electron chi connectivity index (χ4n) is 5.13. The lowest BCUT2D eigenvalue weighted by Crippen LogP contribution is -2.52. The maximum absolute atomic E-state index is 15.5. The van der Waals surface area contributed by atoms with Crippen LogP contribution in [0.2, 0.25) is 5.02 Å². The van der Waals surface area contributed by atoms with E-state index in [1.54, 1.807) is 37.3 Å². The Labute approximate surface area is 236 Å². The average Bonchev–Trinajstić information content (AvgIpc) is 3.33. The minimum absolute atomic E-state index is 0.0967. The van der Waals surface area contributed by atoms with Crippen molar-refractivity contribution in [3.05, 3.63) is 70.4 Å². The predicted octanol–water partition coefficient (Wildman–Crippen LogP) is 5.17. The third-order valence-electron chi connectivity index (χ3n) is 7.57. The van der Waals surface area contributed by atoms with Crippen LogP contribution in [0.1, 0.15) is 29.7 Å². The van der Waals surface area contributed by atoms with Crippen molar-refractivity contribution in [3.8, 4) is 17.3 Å². The van der Waals surface area contributed by atoms with Crippen LogP contribution in [0.4, 0.5) is 14.5 Å². The number of fused-ring (bicyclic) bond motifs is 1.